The average molecular weight is 308 g/mol. The topological polar surface area (TPSA) is 71.8 Å². The van der Waals surface area contributed by atoms with Gasteiger partial charge in [-0.2, -0.15) is 5.10 Å². The van der Waals surface area contributed by atoms with E-state index < -0.39 is 0 Å². The van der Waals surface area contributed by atoms with E-state index in [1.54, 1.807) is 29.9 Å². The predicted octanol–water partition coefficient (Wildman–Crippen LogP) is 2.85. The average Bonchev–Trinajstić information content (AvgIpc) is 2.75. The molecule has 112 valence electrons. The van der Waals surface area contributed by atoms with Crippen molar-refractivity contribution in [3.8, 4) is 0 Å². The second kappa shape index (κ2) is 6.58. The van der Waals surface area contributed by atoms with Crippen molar-refractivity contribution in [1.82, 2.24) is 14.8 Å². The first-order valence-corrected chi connectivity index (χ1v) is 7.11. The zero-order valence-electron chi connectivity index (χ0n) is 12.3. The first kappa shape index (κ1) is 15.3. The number of pyridine rings is 1. The highest BCUT2D eigenvalue weighted by Crippen LogP contribution is 2.18. The predicted molar refractivity (Wildman–Crippen MR) is 83.9 cm³/mol. The molecular formula is C14H18ClN5O. The maximum atomic E-state index is 12.3. The second-order valence-corrected chi connectivity index (χ2v) is 5.11. The van der Waals surface area contributed by atoms with Crippen LogP contribution >= 0.6 is 11.6 Å². The smallest absolute Gasteiger partial charge is 0.277 e. The van der Waals surface area contributed by atoms with Gasteiger partial charge in [-0.1, -0.05) is 18.5 Å². The van der Waals surface area contributed by atoms with Gasteiger partial charge in [0.1, 0.15) is 17.3 Å². The van der Waals surface area contributed by atoms with Crippen LogP contribution in [-0.4, -0.2) is 27.2 Å². The van der Waals surface area contributed by atoms with Crippen LogP contribution in [0.5, 0.6) is 0 Å². The minimum Gasteiger partial charge on any atom is -0.370 e. The Kier molecular flexibility index (Phi) is 4.80. The molecule has 0 unspecified atom stereocenters. The van der Waals surface area contributed by atoms with Gasteiger partial charge in [-0.25, -0.2) is 4.98 Å². The van der Waals surface area contributed by atoms with Crippen molar-refractivity contribution in [2.24, 2.45) is 7.05 Å². The Bertz CT molecular complexity index is 653. The number of carbonyl (C=O) groups excluding carboxylic acids is 1. The molecule has 0 aliphatic carbocycles. The molecule has 0 spiro atoms. The monoisotopic (exact) mass is 307 g/mol. The number of anilines is 2. The highest BCUT2D eigenvalue weighted by atomic mass is 35.5. The minimum atomic E-state index is -0.358. The lowest BCUT2D eigenvalue weighted by Gasteiger charge is -2.09. The molecule has 2 aromatic heterocycles. The molecular weight excluding hydrogens is 290 g/mol. The maximum Gasteiger partial charge on any atom is 0.277 e. The zero-order chi connectivity index (χ0) is 15.4. The van der Waals surface area contributed by atoms with Gasteiger partial charge in [0.05, 0.1) is 10.7 Å². The molecule has 0 aromatic carbocycles. The van der Waals surface area contributed by atoms with Crippen molar-refractivity contribution >= 4 is 29.1 Å². The molecule has 6 nitrogen and oxygen atoms in total. The summed E-state index contributed by atoms with van der Waals surface area (Å²) in [5, 5.41) is 10.4. The van der Waals surface area contributed by atoms with Gasteiger partial charge in [0.15, 0.2) is 0 Å². The number of halogens is 1. The lowest BCUT2D eigenvalue weighted by Crippen LogP contribution is -2.17. The number of aryl methyl sites for hydroxylation is 2. The summed E-state index contributed by atoms with van der Waals surface area (Å²) in [6.07, 6.45) is 0.972. The van der Waals surface area contributed by atoms with E-state index in [9.17, 15) is 4.79 Å². The fraction of sp³-hybridized carbons (Fsp3) is 0.357. The fourth-order valence-electron chi connectivity index (χ4n) is 1.86. The quantitative estimate of drug-likeness (QED) is 0.891. The molecule has 0 aliphatic rings. The third-order valence-electron chi connectivity index (χ3n) is 2.86. The SMILES string of the molecule is CCCNc1ccc(Cl)c(C(=O)Nc2cc(C)nn2C)n1. The zero-order valence-corrected chi connectivity index (χ0v) is 13.0. The van der Waals surface area contributed by atoms with Gasteiger partial charge >= 0.3 is 0 Å². The Balaban J connectivity index is 2.20. The van der Waals surface area contributed by atoms with Gasteiger partial charge in [-0.15, -0.1) is 0 Å². The van der Waals surface area contributed by atoms with Crippen molar-refractivity contribution < 1.29 is 4.79 Å². The number of rotatable bonds is 5. The first-order chi connectivity index (χ1) is 10.0. The minimum absolute atomic E-state index is 0.191. The van der Waals surface area contributed by atoms with Crippen LogP contribution in [0.2, 0.25) is 5.02 Å². The molecule has 2 rings (SSSR count). The summed E-state index contributed by atoms with van der Waals surface area (Å²) in [6.45, 7) is 4.70. The van der Waals surface area contributed by atoms with Crippen molar-refractivity contribution in [2.45, 2.75) is 20.3 Å². The highest BCUT2D eigenvalue weighted by molar-refractivity contribution is 6.34. The fourth-order valence-corrected chi connectivity index (χ4v) is 2.05. The lowest BCUT2D eigenvalue weighted by atomic mass is 10.3. The molecule has 0 bridgehead atoms. The molecule has 21 heavy (non-hydrogen) atoms. The van der Waals surface area contributed by atoms with Crippen LogP contribution in [0.1, 0.15) is 29.5 Å². The maximum absolute atomic E-state index is 12.3. The Morgan fingerprint density at radius 1 is 1.43 bits per heavy atom. The normalized spacial score (nSPS) is 10.5. The van der Waals surface area contributed by atoms with Gasteiger partial charge < -0.3 is 10.6 Å². The van der Waals surface area contributed by atoms with Crippen LogP contribution < -0.4 is 10.6 Å². The molecule has 0 saturated carbocycles. The summed E-state index contributed by atoms with van der Waals surface area (Å²) in [5.41, 5.74) is 1.02. The van der Waals surface area contributed by atoms with Gasteiger partial charge in [0, 0.05) is 19.7 Å². The Morgan fingerprint density at radius 3 is 2.81 bits per heavy atom. The lowest BCUT2D eigenvalue weighted by molar-refractivity contribution is 0.102. The Hall–Kier alpha value is -2.08. The standard InChI is InChI=1S/C14H18ClN5O/c1-4-7-16-11-6-5-10(15)13(17-11)14(21)18-12-8-9(2)19-20(12)3/h5-6,8H,4,7H2,1-3H3,(H,16,17)(H,18,21). The number of nitrogens with one attached hydrogen (secondary N) is 2. The van der Waals surface area contributed by atoms with E-state index in [1.165, 1.54) is 0 Å². The number of hydrogen-bond acceptors (Lipinski definition) is 4. The van der Waals surface area contributed by atoms with Crippen LogP contribution in [0.3, 0.4) is 0 Å². The van der Waals surface area contributed by atoms with E-state index in [0.717, 1.165) is 18.7 Å². The third-order valence-corrected chi connectivity index (χ3v) is 3.17. The molecule has 2 aromatic rings. The number of nitrogens with zero attached hydrogens (tertiary/aromatic N) is 3. The summed E-state index contributed by atoms with van der Waals surface area (Å²) >= 11 is 6.06. The highest BCUT2D eigenvalue weighted by Gasteiger charge is 2.15. The van der Waals surface area contributed by atoms with E-state index in [4.69, 9.17) is 11.6 Å². The number of hydrogen-bond donors (Lipinski definition) is 2. The van der Waals surface area contributed by atoms with E-state index in [1.807, 2.05) is 6.92 Å². The number of amides is 1. The van der Waals surface area contributed by atoms with Gasteiger partial charge in [0.2, 0.25) is 0 Å². The van der Waals surface area contributed by atoms with E-state index in [-0.39, 0.29) is 11.6 Å². The van der Waals surface area contributed by atoms with Crippen LogP contribution in [0.25, 0.3) is 0 Å². The molecule has 0 atom stereocenters. The van der Waals surface area contributed by atoms with Crippen molar-refractivity contribution in [3.63, 3.8) is 0 Å². The first-order valence-electron chi connectivity index (χ1n) is 6.73. The summed E-state index contributed by atoms with van der Waals surface area (Å²) in [7, 11) is 1.76. The van der Waals surface area contributed by atoms with Crippen LogP contribution in [0.4, 0.5) is 11.6 Å². The van der Waals surface area contributed by atoms with Crippen molar-refractivity contribution in [2.75, 3.05) is 17.2 Å². The molecule has 2 heterocycles. The van der Waals surface area contributed by atoms with Gasteiger partial charge in [-0.3, -0.25) is 9.48 Å². The molecule has 0 saturated heterocycles. The number of aromatic nitrogens is 3. The van der Waals surface area contributed by atoms with Crippen LogP contribution in [-0.2, 0) is 7.05 Å². The molecule has 0 aliphatic heterocycles. The summed E-state index contributed by atoms with van der Waals surface area (Å²) in [5.74, 6) is 0.873. The van der Waals surface area contributed by atoms with Crippen LogP contribution in [0.15, 0.2) is 18.2 Å². The van der Waals surface area contributed by atoms with Gasteiger partial charge in [-0.05, 0) is 25.5 Å². The largest absolute Gasteiger partial charge is 0.370 e. The van der Waals surface area contributed by atoms with E-state index in [0.29, 0.717) is 16.7 Å². The summed E-state index contributed by atoms with van der Waals surface area (Å²) in [4.78, 5) is 16.6. The van der Waals surface area contributed by atoms with Crippen molar-refractivity contribution in [1.29, 1.82) is 0 Å². The summed E-state index contributed by atoms with van der Waals surface area (Å²) in [6, 6.07) is 5.20. The van der Waals surface area contributed by atoms with E-state index in [2.05, 4.69) is 27.6 Å². The summed E-state index contributed by atoms with van der Waals surface area (Å²) < 4.78 is 1.60. The second-order valence-electron chi connectivity index (χ2n) is 4.70. The van der Waals surface area contributed by atoms with Gasteiger partial charge in [0.25, 0.3) is 5.91 Å². The Morgan fingerprint density at radius 2 is 2.19 bits per heavy atom. The van der Waals surface area contributed by atoms with Crippen molar-refractivity contribution in [3.05, 3.63) is 34.6 Å². The third kappa shape index (κ3) is 3.72. The van der Waals surface area contributed by atoms with Crippen LogP contribution in [0, 0.1) is 6.92 Å². The molecule has 2 N–H and O–H groups in total. The molecule has 0 fully saturated rings. The van der Waals surface area contributed by atoms with E-state index >= 15 is 0 Å². The molecule has 1 amide bonds. The Labute approximate surface area is 128 Å². The number of carbonyl (C=O) groups is 1. The molecule has 7 heteroatoms. The molecule has 0 radical (unpaired) electrons.